The highest BCUT2D eigenvalue weighted by atomic mass is 16.6. The van der Waals surface area contributed by atoms with Gasteiger partial charge in [0, 0.05) is 12.4 Å². The van der Waals surface area contributed by atoms with Crippen molar-refractivity contribution in [2.24, 2.45) is 0 Å². The van der Waals surface area contributed by atoms with E-state index in [-0.39, 0.29) is 6.10 Å². The van der Waals surface area contributed by atoms with Crippen molar-refractivity contribution >= 4 is 11.8 Å². The molecule has 0 spiro atoms. The standard InChI is InChI=1S/C16H20N4O3/c1-9-13-12(8-22-9)18-14(20-13)10-7-17-6-5-11(10)19-15(21)23-16(2,3)4/h5-7,9H,8H2,1-4H3,(H,18,20)(H,17,19,21). The molecule has 0 bridgehead atoms. The van der Waals surface area contributed by atoms with Gasteiger partial charge in [0.15, 0.2) is 0 Å². The lowest BCUT2D eigenvalue weighted by atomic mass is 10.2. The van der Waals surface area contributed by atoms with Gasteiger partial charge in [-0.2, -0.15) is 0 Å². The van der Waals surface area contributed by atoms with E-state index in [9.17, 15) is 4.79 Å². The molecule has 1 amide bonds. The summed E-state index contributed by atoms with van der Waals surface area (Å²) in [5.74, 6) is 0.657. The monoisotopic (exact) mass is 316 g/mol. The Labute approximate surface area is 134 Å². The zero-order chi connectivity index (χ0) is 16.6. The molecule has 0 aromatic carbocycles. The topological polar surface area (TPSA) is 89.1 Å². The van der Waals surface area contributed by atoms with E-state index in [4.69, 9.17) is 9.47 Å². The smallest absolute Gasteiger partial charge is 0.412 e. The van der Waals surface area contributed by atoms with Gasteiger partial charge in [0.1, 0.15) is 11.4 Å². The molecular weight excluding hydrogens is 296 g/mol. The molecule has 7 heteroatoms. The van der Waals surface area contributed by atoms with Crippen LogP contribution >= 0.6 is 0 Å². The Bertz CT molecular complexity index is 733. The van der Waals surface area contributed by atoms with E-state index in [1.807, 2.05) is 27.7 Å². The van der Waals surface area contributed by atoms with Crippen LogP contribution in [0, 0.1) is 0 Å². The number of nitrogens with zero attached hydrogens (tertiary/aromatic N) is 2. The van der Waals surface area contributed by atoms with Crippen molar-refractivity contribution in [3.63, 3.8) is 0 Å². The van der Waals surface area contributed by atoms with Crippen molar-refractivity contribution in [1.82, 2.24) is 15.0 Å². The molecule has 1 aliphatic heterocycles. The molecule has 2 N–H and O–H groups in total. The number of imidazole rings is 1. The minimum Gasteiger partial charge on any atom is -0.444 e. The van der Waals surface area contributed by atoms with Gasteiger partial charge in [0.2, 0.25) is 0 Å². The summed E-state index contributed by atoms with van der Waals surface area (Å²) in [6.45, 7) is 7.92. The van der Waals surface area contributed by atoms with Crippen molar-refractivity contribution in [3.05, 3.63) is 29.8 Å². The minimum absolute atomic E-state index is 0.0334. The van der Waals surface area contributed by atoms with Gasteiger partial charge >= 0.3 is 6.09 Å². The highest BCUT2D eigenvalue weighted by Crippen LogP contribution is 2.33. The third-order valence-corrected chi connectivity index (χ3v) is 3.39. The van der Waals surface area contributed by atoms with Crippen LogP contribution in [0.1, 0.15) is 45.2 Å². The predicted molar refractivity (Wildman–Crippen MR) is 84.9 cm³/mol. The Morgan fingerprint density at radius 3 is 2.96 bits per heavy atom. The fourth-order valence-electron chi connectivity index (χ4n) is 2.39. The molecule has 7 nitrogen and oxygen atoms in total. The second-order valence-corrected chi connectivity index (χ2v) is 6.45. The zero-order valence-corrected chi connectivity index (χ0v) is 13.6. The molecule has 122 valence electrons. The summed E-state index contributed by atoms with van der Waals surface area (Å²) in [7, 11) is 0. The summed E-state index contributed by atoms with van der Waals surface area (Å²) >= 11 is 0. The van der Waals surface area contributed by atoms with Crippen molar-refractivity contribution in [3.8, 4) is 11.4 Å². The molecule has 1 atom stereocenters. The molecule has 0 radical (unpaired) electrons. The Balaban J connectivity index is 1.87. The lowest BCUT2D eigenvalue weighted by Gasteiger charge is -2.20. The van der Waals surface area contributed by atoms with Crippen LogP contribution in [-0.2, 0) is 16.1 Å². The van der Waals surface area contributed by atoms with Crippen molar-refractivity contribution in [1.29, 1.82) is 0 Å². The number of anilines is 1. The van der Waals surface area contributed by atoms with Crippen LogP contribution in [0.2, 0.25) is 0 Å². The average Bonchev–Trinajstić information content (AvgIpc) is 3.00. The number of hydrogen-bond acceptors (Lipinski definition) is 5. The second-order valence-electron chi connectivity index (χ2n) is 6.45. The largest absolute Gasteiger partial charge is 0.444 e. The summed E-state index contributed by atoms with van der Waals surface area (Å²) in [6.07, 6.45) is 2.72. The maximum absolute atomic E-state index is 12.0. The first-order chi connectivity index (χ1) is 10.8. The van der Waals surface area contributed by atoms with Gasteiger partial charge in [-0.3, -0.25) is 10.3 Å². The van der Waals surface area contributed by atoms with Crippen LogP contribution in [0.5, 0.6) is 0 Å². The maximum atomic E-state index is 12.0. The van der Waals surface area contributed by atoms with Crippen LogP contribution in [0.15, 0.2) is 18.5 Å². The molecule has 0 aliphatic carbocycles. The van der Waals surface area contributed by atoms with E-state index in [0.717, 1.165) is 11.4 Å². The molecule has 23 heavy (non-hydrogen) atoms. The normalized spacial score (nSPS) is 17.0. The maximum Gasteiger partial charge on any atom is 0.412 e. The highest BCUT2D eigenvalue weighted by Gasteiger charge is 2.25. The summed E-state index contributed by atoms with van der Waals surface area (Å²) in [5.41, 5.74) is 2.59. The van der Waals surface area contributed by atoms with E-state index < -0.39 is 11.7 Å². The number of rotatable bonds is 2. The van der Waals surface area contributed by atoms with Gasteiger partial charge in [0.25, 0.3) is 0 Å². The first-order valence-corrected chi connectivity index (χ1v) is 7.48. The first-order valence-electron chi connectivity index (χ1n) is 7.48. The quantitative estimate of drug-likeness (QED) is 0.886. The SMILES string of the molecule is CC1OCc2[nH]c(-c3cnccc3NC(=O)OC(C)(C)C)nc21. The van der Waals surface area contributed by atoms with Crippen molar-refractivity contribution < 1.29 is 14.3 Å². The van der Waals surface area contributed by atoms with E-state index >= 15 is 0 Å². The summed E-state index contributed by atoms with van der Waals surface area (Å²) in [5, 5.41) is 2.75. The number of pyridine rings is 1. The Morgan fingerprint density at radius 1 is 1.48 bits per heavy atom. The van der Waals surface area contributed by atoms with Gasteiger partial charge in [-0.1, -0.05) is 0 Å². The molecular formula is C16H20N4O3. The number of H-pyrrole nitrogens is 1. The number of aromatic nitrogens is 3. The minimum atomic E-state index is -0.560. The second kappa shape index (κ2) is 5.66. The number of fused-ring (bicyclic) bond motifs is 1. The molecule has 3 heterocycles. The third-order valence-electron chi connectivity index (χ3n) is 3.39. The van der Waals surface area contributed by atoms with Crippen LogP contribution in [0.3, 0.4) is 0 Å². The number of nitrogens with one attached hydrogen (secondary N) is 2. The summed E-state index contributed by atoms with van der Waals surface area (Å²) < 4.78 is 10.8. The number of ether oxygens (including phenoxy) is 2. The summed E-state index contributed by atoms with van der Waals surface area (Å²) in [4.78, 5) is 23.9. The molecule has 0 saturated heterocycles. The van der Waals surface area contributed by atoms with Gasteiger partial charge in [-0.25, -0.2) is 9.78 Å². The van der Waals surface area contributed by atoms with Gasteiger partial charge in [0.05, 0.1) is 35.3 Å². The lowest BCUT2D eigenvalue weighted by molar-refractivity contribution is 0.0636. The molecule has 1 aliphatic rings. The zero-order valence-electron chi connectivity index (χ0n) is 13.6. The molecule has 0 fully saturated rings. The predicted octanol–water partition coefficient (Wildman–Crippen LogP) is 3.41. The fraction of sp³-hybridized carbons (Fsp3) is 0.438. The molecule has 1 unspecified atom stereocenters. The molecule has 3 rings (SSSR count). The van der Waals surface area contributed by atoms with Crippen LogP contribution in [-0.4, -0.2) is 26.6 Å². The molecule has 0 saturated carbocycles. The first kappa shape index (κ1) is 15.5. The van der Waals surface area contributed by atoms with E-state index in [1.54, 1.807) is 18.5 Å². The van der Waals surface area contributed by atoms with Gasteiger partial charge in [-0.05, 0) is 33.8 Å². The van der Waals surface area contributed by atoms with Crippen LogP contribution < -0.4 is 5.32 Å². The van der Waals surface area contributed by atoms with Crippen molar-refractivity contribution in [2.45, 2.75) is 46.0 Å². The van der Waals surface area contributed by atoms with E-state index in [2.05, 4.69) is 20.3 Å². The average molecular weight is 316 g/mol. The Hall–Kier alpha value is -2.41. The van der Waals surface area contributed by atoms with Crippen molar-refractivity contribution in [2.75, 3.05) is 5.32 Å². The fourth-order valence-corrected chi connectivity index (χ4v) is 2.39. The molecule has 2 aromatic heterocycles. The lowest BCUT2D eigenvalue weighted by Crippen LogP contribution is -2.27. The van der Waals surface area contributed by atoms with Crippen LogP contribution in [0.4, 0.5) is 10.5 Å². The van der Waals surface area contributed by atoms with E-state index in [1.165, 1.54) is 0 Å². The Morgan fingerprint density at radius 2 is 2.26 bits per heavy atom. The van der Waals surface area contributed by atoms with Crippen LogP contribution in [0.25, 0.3) is 11.4 Å². The highest BCUT2D eigenvalue weighted by molar-refractivity contribution is 5.90. The van der Waals surface area contributed by atoms with Gasteiger partial charge < -0.3 is 14.5 Å². The number of hydrogen-bond donors (Lipinski definition) is 2. The number of carbonyl (C=O) groups excluding carboxylic acids is 1. The van der Waals surface area contributed by atoms with Gasteiger partial charge in [-0.15, -0.1) is 0 Å². The van der Waals surface area contributed by atoms with E-state index in [0.29, 0.717) is 23.7 Å². The Kier molecular flexibility index (Phi) is 3.81. The third kappa shape index (κ3) is 3.34. The number of aromatic amines is 1. The number of carbonyl (C=O) groups is 1. The summed E-state index contributed by atoms with van der Waals surface area (Å²) in [6, 6.07) is 1.72. The number of amides is 1. The molecule has 2 aromatic rings.